The molecule has 3 aromatic carbocycles. The number of rotatable bonds is 10. The third-order valence-corrected chi connectivity index (χ3v) is 11.3. The summed E-state index contributed by atoms with van der Waals surface area (Å²) in [4.78, 5) is 3.01. The largest absolute Gasteiger partial charge is 0.483 e. The lowest BCUT2D eigenvalue weighted by Crippen LogP contribution is -2.45. The maximum atomic E-state index is 14.1. The van der Waals surface area contributed by atoms with E-state index in [0.717, 1.165) is 40.0 Å². The average molecular weight is 650 g/mol. The Hall–Kier alpha value is -2.50. The van der Waals surface area contributed by atoms with Crippen molar-refractivity contribution in [2.75, 3.05) is 13.2 Å². The van der Waals surface area contributed by atoms with Crippen molar-refractivity contribution >= 4 is 21.0 Å². The van der Waals surface area contributed by atoms with Crippen molar-refractivity contribution in [2.45, 2.75) is 98.6 Å². The van der Waals surface area contributed by atoms with Crippen molar-refractivity contribution in [3.63, 3.8) is 0 Å². The highest BCUT2D eigenvalue weighted by atomic mass is 32.2. The number of benzene rings is 3. The first-order valence-electron chi connectivity index (χ1n) is 14.7. The van der Waals surface area contributed by atoms with Gasteiger partial charge in [0.05, 0.1) is 24.1 Å². The standard InChI is InChI=1S/C34H42F2O6S2/c1-8-21-32(6)22-40-33(7,41-23-32)26-11-17-29(18-12-26)43(28-15-9-25(10-16-28)31(3,4)5)30-19-13-27(14-20-30)42-24(2)34(35,36)44(37,38)39/h9-20,24H,8,21-23H2,1-7H3/p+1. The van der Waals surface area contributed by atoms with E-state index >= 15 is 0 Å². The lowest BCUT2D eigenvalue weighted by molar-refractivity contribution is -0.301. The molecule has 0 saturated carbocycles. The molecular formula is C34H43F2O6S2+. The first kappa shape index (κ1) is 34.4. The predicted octanol–water partition coefficient (Wildman–Crippen LogP) is 8.35. The van der Waals surface area contributed by atoms with Gasteiger partial charge in [0, 0.05) is 11.0 Å². The third-order valence-electron chi connectivity index (χ3n) is 8.01. The van der Waals surface area contributed by atoms with E-state index in [1.807, 2.05) is 19.1 Å². The molecule has 0 radical (unpaired) electrons. The normalized spacial score (nSPS) is 22.8. The van der Waals surface area contributed by atoms with Gasteiger partial charge in [-0.25, -0.2) is 0 Å². The molecule has 1 heterocycles. The van der Waals surface area contributed by atoms with E-state index < -0.39 is 38.2 Å². The third kappa shape index (κ3) is 7.48. The first-order valence-corrected chi connectivity index (χ1v) is 17.4. The zero-order chi connectivity index (χ0) is 32.6. The van der Waals surface area contributed by atoms with Crippen molar-refractivity contribution in [3.8, 4) is 5.75 Å². The number of halogens is 2. The average Bonchev–Trinajstić information content (AvgIpc) is 2.95. The van der Waals surface area contributed by atoms with E-state index in [-0.39, 0.29) is 16.6 Å². The van der Waals surface area contributed by atoms with Crippen LogP contribution in [-0.4, -0.2) is 37.5 Å². The van der Waals surface area contributed by atoms with Crippen molar-refractivity contribution in [1.29, 1.82) is 0 Å². The van der Waals surface area contributed by atoms with Crippen LogP contribution in [0.15, 0.2) is 87.5 Å². The molecule has 1 saturated heterocycles. The molecular weight excluding hydrogens is 606 g/mol. The van der Waals surface area contributed by atoms with Crippen molar-refractivity contribution < 1.29 is 36.0 Å². The Morgan fingerprint density at radius 1 is 0.886 bits per heavy atom. The number of hydrogen-bond acceptors (Lipinski definition) is 5. The molecule has 0 aromatic heterocycles. The summed E-state index contributed by atoms with van der Waals surface area (Å²) in [6.07, 6.45) is 0.00555. The number of hydrogen-bond donors (Lipinski definition) is 1. The van der Waals surface area contributed by atoms with E-state index in [1.165, 1.54) is 17.7 Å². The lowest BCUT2D eigenvalue weighted by Gasteiger charge is -2.43. The molecule has 0 amide bonds. The number of ether oxygens (including phenoxy) is 3. The van der Waals surface area contributed by atoms with Gasteiger partial charge < -0.3 is 14.2 Å². The highest BCUT2D eigenvalue weighted by Gasteiger charge is 2.51. The summed E-state index contributed by atoms with van der Waals surface area (Å²) in [7, 11) is -6.19. The Morgan fingerprint density at radius 3 is 1.77 bits per heavy atom. The molecule has 4 rings (SSSR count). The van der Waals surface area contributed by atoms with E-state index in [1.54, 1.807) is 12.1 Å². The smallest absolute Gasteiger partial charge is 0.405 e. The Kier molecular flexibility index (Phi) is 9.93. The lowest BCUT2D eigenvalue weighted by atomic mass is 9.86. The fraction of sp³-hybridized carbons (Fsp3) is 0.471. The van der Waals surface area contributed by atoms with Crippen LogP contribution in [0.2, 0.25) is 0 Å². The van der Waals surface area contributed by atoms with Gasteiger partial charge in [-0.3, -0.25) is 4.55 Å². The molecule has 0 spiro atoms. The zero-order valence-corrected chi connectivity index (χ0v) is 28.0. The maximum absolute atomic E-state index is 14.1. The molecule has 10 heteroatoms. The van der Waals surface area contributed by atoms with E-state index in [9.17, 15) is 17.2 Å². The van der Waals surface area contributed by atoms with Crippen molar-refractivity contribution in [3.05, 3.63) is 83.9 Å². The second-order valence-corrected chi connectivity index (χ2v) is 16.5. The molecule has 3 aromatic rings. The van der Waals surface area contributed by atoms with Crippen molar-refractivity contribution in [2.24, 2.45) is 5.41 Å². The minimum absolute atomic E-state index is 0.00415. The molecule has 0 aliphatic carbocycles. The van der Waals surface area contributed by atoms with Gasteiger partial charge in [-0.05, 0) is 91.9 Å². The molecule has 1 aliphatic rings. The van der Waals surface area contributed by atoms with Crippen LogP contribution in [0.3, 0.4) is 0 Å². The first-order chi connectivity index (χ1) is 20.4. The topological polar surface area (TPSA) is 82.1 Å². The van der Waals surface area contributed by atoms with Crippen LogP contribution < -0.4 is 4.74 Å². The Balaban J connectivity index is 1.65. The van der Waals surface area contributed by atoms with Crippen LogP contribution in [0.4, 0.5) is 8.78 Å². The quantitative estimate of drug-likeness (QED) is 0.176. The minimum atomic E-state index is -5.63. The second-order valence-electron chi connectivity index (χ2n) is 13.0. The highest BCUT2D eigenvalue weighted by Crippen LogP contribution is 2.40. The monoisotopic (exact) mass is 649 g/mol. The van der Waals surface area contributed by atoms with Crippen LogP contribution in [-0.2, 0) is 41.7 Å². The van der Waals surface area contributed by atoms with Crippen LogP contribution in [0.5, 0.6) is 5.75 Å². The summed E-state index contributed by atoms with van der Waals surface area (Å²) in [5.74, 6) is -0.792. The van der Waals surface area contributed by atoms with Crippen molar-refractivity contribution in [1.82, 2.24) is 0 Å². The van der Waals surface area contributed by atoms with Gasteiger partial charge in [0.2, 0.25) is 0 Å². The Labute approximate surface area is 263 Å². The summed E-state index contributed by atoms with van der Waals surface area (Å²) in [5, 5.41) is -4.45. The molecule has 2 atom stereocenters. The van der Waals surface area contributed by atoms with Gasteiger partial charge in [-0.15, -0.1) is 0 Å². The highest BCUT2D eigenvalue weighted by molar-refractivity contribution is 7.97. The molecule has 44 heavy (non-hydrogen) atoms. The van der Waals surface area contributed by atoms with E-state index in [4.69, 9.17) is 18.8 Å². The molecule has 6 nitrogen and oxygen atoms in total. The Morgan fingerprint density at radius 2 is 1.34 bits per heavy atom. The molecule has 0 bridgehead atoms. The number of alkyl halides is 2. The van der Waals surface area contributed by atoms with Gasteiger partial charge in [-0.1, -0.05) is 53.2 Å². The molecule has 1 aliphatic heterocycles. The van der Waals surface area contributed by atoms with Crippen LogP contribution in [0.25, 0.3) is 0 Å². The van der Waals surface area contributed by atoms with Crippen LogP contribution in [0.1, 0.15) is 72.4 Å². The predicted molar refractivity (Wildman–Crippen MR) is 169 cm³/mol. The fourth-order valence-corrected chi connectivity index (χ4v) is 7.66. The summed E-state index contributed by atoms with van der Waals surface area (Å²) < 4.78 is 77.1. The van der Waals surface area contributed by atoms with E-state index in [0.29, 0.717) is 13.2 Å². The second kappa shape index (κ2) is 12.7. The van der Waals surface area contributed by atoms with Crippen LogP contribution in [0, 0.1) is 5.41 Å². The molecule has 1 N–H and O–H groups in total. The van der Waals surface area contributed by atoms with Gasteiger partial charge >= 0.3 is 15.4 Å². The van der Waals surface area contributed by atoms with Gasteiger partial charge in [0.15, 0.2) is 26.6 Å². The maximum Gasteiger partial charge on any atom is 0.405 e. The summed E-state index contributed by atoms with van der Waals surface area (Å²) >= 11 is 0. The van der Waals surface area contributed by atoms with E-state index in [2.05, 4.69) is 71.0 Å². The van der Waals surface area contributed by atoms with Gasteiger partial charge in [-0.2, -0.15) is 17.2 Å². The molecule has 1 fully saturated rings. The summed E-state index contributed by atoms with van der Waals surface area (Å²) in [5.41, 5.74) is 2.10. The fourth-order valence-electron chi connectivity index (χ4n) is 5.15. The summed E-state index contributed by atoms with van der Waals surface area (Å²) in [6.45, 7) is 14.9. The molecule has 240 valence electrons. The van der Waals surface area contributed by atoms with Gasteiger partial charge in [0.1, 0.15) is 5.75 Å². The zero-order valence-electron chi connectivity index (χ0n) is 26.4. The Bertz CT molecular complexity index is 1510. The molecule has 2 unspecified atom stereocenters. The van der Waals surface area contributed by atoms with Gasteiger partial charge in [0.25, 0.3) is 0 Å². The SMILES string of the molecule is CCCC1(C)COC(C)(c2ccc([S+](c3ccc(OC(C)C(F)(F)S(=O)(=O)O)cc3)c3ccc(C(C)(C)C)cc3)cc2)OC1. The minimum Gasteiger partial charge on any atom is -0.483 e. The summed E-state index contributed by atoms with van der Waals surface area (Å²) in [6, 6.07) is 23.3. The van der Waals surface area contributed by atoms with Crippen LogP contribution >= 0.6 is 0 Å².